The molecule has 0 fully saturated rings. The second kappa shape index (κ2) is 8.55. The molecule has 1 unspecified atom stereocenters. The molecule has 7 nitrogen and oxygen atoms in total. The lowest BCUT2D eigenvalue weighted by molar-refractivity contribution is -0.121. The molecule has 0 aliphatic rings. The minimum Gasteiger partial charge on any atom is -0.465 e. The van der Waals surface area contributed by atoms with E-state index < -0.39 is 12.1 Å². The van der Waals surface area contributed by atoms with Crippen molar-refractivity contribution in [3.05, 3.63) is 35.4 Å². The van der Waals surface area contributed by atoms with Crippen molar-refractivity contribution < 1.29 is 19.8 Å². The van der Waals surface area contributed by atoms with Gasteiger partial charge in [-0.25, -0.2) is 4.79 Å². The van der Waals surface area contributed by atoms with E-state index in [1.54, 1.807) is 24.3 Å². The first kappa shape index (κ1) is 16.5. The van der Waals surface area contributed by atoms with Gasteiger partial charge in [-0.05, 0) is 24.1 Å². The average Bonchev–Trinajstić information content (AvgIpc) is 2.45. The van der Waals surface area contributed by atoms with Gasteiger partial charge < -0.3 is 20.8 Å². The van der Waals surface area contributed by atoms with E-state index in [2.05, 4.69) is 10.6 Å². The van der Waals surface area contributed by atoms with E-state index in [-0.39, 0.29) is 25.5 Å². The van der Waals surface area contributed by atoms with Crippen LogP contribution >= 0.6 is 0 Å². The number of carbonyl (C=O) groups is 2. The van der Waals surface area contributed by atoms with Crippen molar-refractivity contribution in [1.29, 1.82) is 5.26 Å². The van der Waals surface area contributed by atoms with Gasteiger partial charge >= 0.3 is 6.09 Å². The van der Waals surface area contributed by atoms with Crippen LogP contribution in [0.4, 0.5) is 4.79 Å². The fraction of sp³-hybridized carbons (Fsp3) is 0.357. The van der Waals surface area contributed by atoms with E-state index in [0.717, 1.165) is 5.56 Å². The highest BCUT2D eigenvalue weighted by atomic mass is 16.4. The van der Waals surface area contributed by atoms with E-state index in [0.29, 0.717) is 12.0 Å². The van der Waals surface area contributed by atoms with Gasteiger partial charge in [0, 0.05) is 19.0 Å². The third-order valence-corrected chi connectivity index (χ3v) is 2.76. The number of nitrogens with zero attached hydrogens (tertiary/aromatic N) is 1. The van der Waals surface area contributed by atoms with Crippen molar-refractivity contribution in [2.24, 2.45) is 0 Å². The van der Waals surface area contributed by atoms with Crippen LogP contribution in [0.25, 0.3) is 0 Å². The zero-order valence-electron chi connectivity index (χ0n) is 11.4. The van der Waals surface area contributed by atoms with Gasteiger partial charge in [-0.1, -0.05) is 12.1 Å². The zero-order valence-corrected chi connectivity index (χ0v) is 11.4. The zero-order chi connectivity index (χ0) is 15.7. The predicted octanol–water partition coefficient (Wildman–Crippen LogP) is 0.236. The van der Waals surface area contributed by atoms with Gasteiger partial charge in [-0.3, -0.25) is 4.79 Å². The Morgan fingerprint density at radius 1 is 1.29 bits per heavy atom. The van der Waals surface area contributed by atoms with Crippen LogP contribution in [-0.2, 0) is 11.2 Å². The second-order valence-electron chi connectivity index (χ2n) is 4.44. The number of carboxylic acid groups (broad SMARTS) is 1. The normalized spacial score (nSPS) is 11.2. The molecule has 1 aromatic rings. The van der Waals surface area contributed by atoms with Gasteiger partial charge in [0.05, 0.1) is 18.2 Å². The number of benzene rings is 1. The minimum absolute atomic E-state index is 0.0215. The van der Waals surface area contributed by atoms with Crippen LogP contribution in [0.3, 0.4) is 0 Å². The largest absolute Gasteiger partial charge is 0.465 e. The Morgan fingerprint density at radius 2 is 1.95 bits per heavy atom. The Bertz CT molecular complexity index is 522. The summed E-state index contributed by atoms with van der Waals surface area (Å²) in [5.74, 6) is -0.337. The fourth-order valence-corrected chi connectivity index (χ4v) is 1.84. The SMILES string of the molecule is N#Cc1ccc(CC(CC(=O)NCCO)NC(=O)O)cc1. The van der Waals surface area contributed by atoms with Crippen LogP contribution in [-0.4, -0.2) is 41.4 Å². The number of nitrogens with one attached hydrogen (secondary N) is 2. The van der Waals surface area contributed by atoms with Crippen LogP contribution in [0.15, 0.2) is 24.3 Å². The van der Waals surface area contributed by atoms with Crippen molar-refractivity contribution in [1.82, 2.24) is 10.6 Å². The van der Waals surface area contributed by atoms with E-state index in [1.165, 1.54) is 0 Å². The number of amides is 2. The number of aliphatic hydroxyl groups excluding tert-OH is 1. The molecule has 1 atom stereocenters. The third-order valence-electron chi connectivity index (χ3n) is 2.76. The van der Waals surface area contributed by atoms with Crippen LogP contribution in [0.1, 0.15) is 17.5 Å². The first-order chi connectivity index (χ1) is 10.0. The molecule has 0 saturated carbocycles. The fourth-order valence-electron chi connectivity index (χ4n) is 1.84. The predicted molar refractivity (Wildman–Crippen MR) is 74.5 cm³/mol. The summed E-state index contributed by atoms with van der Waals surface area (Å²) < 4.78 is 0. The quantitative estimate of drug-likeness (QED) is 0.573. The lowest BCUT2D eigenvalue weighted by atomic mass is 10.0. The molecule has 0 spiro atoms. The van der Waals surface area contributed by atoms with E-state index >= 15 is 0 Å². The van der Waals surface area contributed by atoms with Crippen LogP contribution in [0.5, 0.6) is 0 Å². The molecule has 112 valence electrons. The molecular formula is C14H17N3O4. The molecule has 0 heterocycles. The summed E-state index contributed by atoms with van der Waals surface area (Å²) in [6.07, 6.45) is -0.889. The Morgan fingerprint density at radius 3 is 2.48 bits per heavy atom. The molecular weight excluding hydrogens is 274 g/mol. The van der Waals surface area contributed by atoms with Gasteiger partial charge in [-0.2, -0.15) is 5.26 Å². The number of nitriles is 1. The minimum atomic E-state index is -1.20. The summed E-state index contributed by atoms with van der Waals surface area (Å²) in [6, 6.07) is 8.14. The Kier molecular flexibility index (Phi) is 6.71. The van der Waals surface area contributed by atoms with E-state index in [1.807, 2.05) is 6.07 Å². The average molecular weight is 291 g/mol. The van der Waals surface area contributed by atoms with Gasteiger partial charge in [-0.15, -0.1) is 0 Å². The molecule has 0 saturated heterocycles. The summed E-state index contributed by atoms with van der Waals surface area (Å²) in [5, 5.41) is 30.9. The molecule has 0 aliphatic carbocycles. The van der Waals surface area contributed by atoms with Gasteiger partial charge in [0.25, 0.3) is 0 Å². The number of carbonyl (C=O) groups excluding carboxylic acids is 1. The second-order valence-corrected chi connectivity index (χ2v) is 4.44. The van der Waals surface area contributed by atoms with Crippen molar-refractivity contribution >= 4 is 12.0 Å². The molecule has 0 radical (unpaired) electrons. The Labute approximate surface area is 122 Å². The highest BCUT2D eigenvalue weighted by Gasteiger charge is 2.16. The Balaban J connectivity index is 2.66. The summed E-state index contributed by atoms with van der Waals surface area (Å²) in [7, 11) is 0. The van der Waals surface area contributed by atoms with Gasteiger partial charge in [0.15, 0.2) is 0 Å². The smallest absolute Gasteiger partial charge is 0.404 e. The van der Waals surface area contributed by atoms with Crippen molar-refractivity contribution in [2.45, 2.75) is 18.9 Å². The van der Waals surface area contributed by atoms with Crippen molar-refractivity contribution in [3.8, 4) is 6.07 Å². The number of hydrogen-bond acceptors (Lipinski definition) is 4. The molecule has 0 aromatic heterocycles. The summed E-state index contributed by atoms with van der Waals surface area (Å²) in [5.41, 5.74) is 1.34. The number of aliphatic hydroxyl groups is 1. The molecule has 21 heavy (non-hydrogen) atoms. The van der Waals surface area contributed by atoms with E-state index in [4.69, 9.17) is 15.5 Å². The molecule has 0 aliphatic heterocycles. The van der Waals surface area contributed by atoms with Crippen molar-refractivity contribution in [3.63, 3.8) is 0 Å². The molecule has 7 heteroatoms. The van der Waals surface area contributed by atoms with Crippen LogP contribution < -0.4 is 10.6 Å². The van der Waals surface area contributed by atoms with Crippen LogP contribution in [0, 0.1) is 11.3 Å². The third kappa shape index (κ3) is 6.40. The Hall–Kier alpha value is -2.59. The first-order valence-electron chi connectivity index (χ1n) is 6.41. The molecule has 2 amide bonds. The highest BCUT2D eigenvalue weighted by Crippen LogP contribution is 2.08. The summed E-state index contributed by atoms with van der Waals surface area (Å²) >= 11 is 0. The monoisotopic (exact) mass is 291 g/mol. The standard InChI is InChI=1S/C14H17N3O4/c15-9-11-3-1-10(2-4-11)7-12(17-14(20)21)8-13(19)16-5-6-18/h1-4,12,17-18H,5-8H2,(H,16,19)(H,20,21). The van der Waals surface area contributed by atoms with Gasteiger partial charge in [0.1, 0.15) is 0 Å². The van der Waals surface area contributed by atoms with E-state index in [9.17, 15) is 9.59 Å². The van der Waals surface area contributed by atoms with Crippen LogP contribution in [0.2, 0.25) is 0 Å². The lowest BCUT2D eigenvalue weighted by Gasteiger charge is -2.16. The maximum absolute atomic E-state index is 11.6. The number of hydrogen-bond donors (Lipinski definition) is 4. The maximum Gasteiger partial charge on any atom is 0.404 e. The van der Waals surface area contributed by atoms with Gasteiger partial charge in [0.2, 0.25) is 5.91 Å². The maximum atomic E-state index is 11.6. The number of rotatable bonds is 7. The lowest BCUT2D eigenvalue weighted by Crippen LogP contribution is -2.40. The summed E-state index contributed by atoms with van der Waals surface area (Å²) in [6.45, 7) is -0.0339. The summed E-state index contributed by atoms with van der Waals surface area (Å²) in [4.78, 5) is 22.4. The molecule has 0 bridgehead atoms. The highest BCUT2D eigenvalue weighted by molar-refractivity contribution is 5.77. The topological polar surface area (TPSA) is 122 Å². The molecule has 1 aromatic carbocycles. The van der Waals surface area contributed by atoms with Crippen molar-refractivity contribution in [2.75, 3.05) is 13.2 Å². The molecule has 4 N–H and O–H groups in total. The first-order valence-corrected chi connectivity index (χ1v) is 6.41. The molecule has 1 rings (SSSR count).